The summed E-state index contributed by atoms with van der Waals surface area (Å²) in [5.74, 6) is -2.18. The molecule has 2 amide bonds. The zero-order valence-electron chi connectivity index (χ0n) is 11.4. The van der Waals surface area contributed by atoms with Crippen molar-refractivity contribution in [2.45, 2.75) is 25.1 Å². The van der Waals surface area contributed by atoms with Crippen LogP contribution in [0.1, 0.15) is 12.6 Å². The Hall–Kier alpha value is -2.26. The van der Waals surface area contributed by atoms with Crippen LogP contribution in [-0.2, 0) is 18.3 Å². The fourth-order valence-corrected chi connectivity index (χ4v) is 1.47. The van der Waals surface area contributed by atoms with Gasteiger partial charge in [0.2, 0.25) is 5.54 Å². The van der Waals surface area contributed by atoms with Gasteiger partial charge in [-0.25, -0.2) is 9.59 Å². The first kappa shape index (κ1) is 16.8. The molecule has 0 radical (unpaired) electrons. The van der Waals surface area contributed by atoms with Gasteiger partial charge in [-0.05, 0) is 13.0 Å². The van der Waals surface area contributed by atoms with Crippen molar-refractivity contribution in [1.82, 2.24) is 20.4 Å². The SMILES string of the molecule is Cn1nccc1CCNC(=O)NC(C)(C(=O)O)C(F)(F)F. The van der Waals surface area contributed by atoms with E-state index in [0.717, 1.165) is 5.69 Å². The molecule has 0 aliphatic carbocycles. The molecule has 7 nitrogen and oxygen atoms in total. The maximum absolute atomic E-state index is 12.7. The van der Waals surface area contributed by atoms with Crippen LogP contribution in [0.25, 0.3) is 0 Å². The number of hydrogen-bond acceptors (Lipinski definition) is 3. The van der Waals surface area contributed by atoms with E-state index in [0.29, 0.717) is 13.3 Å². The Morgan fingerprint density at radius 1 is 1.43 bits per heavy atom. The molecule has 0 bridgehead atoms. The lowest BCUT2D eigenvalue weighted by Crippen LogP contribution is -2.63. The summed E-state index contributed by atoms with van der Waals surface area (Å²) in [6, 6.07) is 0.482. The molecule has 1 unspecified atom stereocenters. The number of halogens is 3. The molecule has 0 saturated carbocycles. The summed E-state index contributed by atoms with van der Waals surface area (Å²) < 4.78 is 39.6. The first-order valence-corrected chi connectivity index (χ1v) is 5.91. The molecule has 10 heteroatoms. The van der Waals surface area contributed by atoms with Gasteiger partial charge in [-0.2, -0.15) is 18.3 Å². The molecule has 1 rings (SSSR count). The molecule has 3 N–H and O–H groups in total. The zero-order valence-corrected chi connectivity index (χ0v) is 11.4. The van der Waals surface area contributed by atoms with Gasteiger partial charge in [0, 0.05) is 31.9 Å². The standard InChI is InChI=1S/C11H15F3N4O3/c1-10(8(19)20,11(12,13)14)17-9(21)15-5-3-7-4-6-16-18(7)2/h4,6H,3,5H2,1-2H3,(H,19,20)(H2,15,17,21). The Morgan fingerprint density at radius 2 is 2.05 bits per heavy atom. The van der Waals surface area contributed by atoms with Crippen LogP contribution in [0.15, 0.2) is 12.3 Å². The molecular weight excluding hydrogens is 293 g/mol. The molecule has 118 valence electrons. The topological polar surface area (TPSA) is 96.3 Å². The van der Waals surface area contributed by atoms with Crippen molar-refractivity contribution in [2.75, 3.05) is 6.54 Å². The van der Waals surface area contributed by atoms with Crippen molar-refractivity contribution in [3.63, 3.8) is 0 Å². The first-order valence-electron chi connectivity index (χ1n) is 5.91. The van der Waals surface area contributed by atoms with Gasteiger partial charge < -0.3 is 15.7 Å². The highest BCUT2D eigenvalue weighted by molar-refractivity contribution is 5.86. The van der Waals surface area contributed by atoms with Gasteiger partial charge in [-0.3, -0.25) is 4.68 Å². The number of nitrogens with one attached hydrogen (secondary N) is 2. The van der Waals surface area contributed by atoms with E-state index >= 15 is 0 Å². The van der Waals surface area contributed by atoms with Crippen molar-refractivity contribution in [3.8, 4) is 0 Å². The number of hydrogen-bond donors (Lipinski definition) is 3. The number of urea groups is 1. The largest absolute Gasteiger partial charge is 0.479 e. The fourth-order valence-electron chi connectivity index (χ4n) is 1.47. The number of nitrogens with zero attached hydrogens (tertiary/aromatic N) is 2. The van der Waals surface area contributed by atoms with Gasteiger partial charge in [0.1, 0.15) is 0 Å². The molecule has 1 heterocycles. The normalized spacial score (nSPS) is 14.3. The predicted molar refractivity (Wildman–Crippen MR) is 65.5 cm³/mol. The average Bonchev–Trinajstić information content (AvgIpc) is 2.73. The Balaban J connectivity index is 2.56. The molecule has 0 aliphatic heterocycles. The molecule has 0 spiro atoms. The molecule has 1 atom stereocenters. The van der Waals surface area contributed by atoms with E-state index in [2.05, 4.69) is 10.4 Å². The van der Waals surface area contributed by atoms with Gasteiger partial charge in [-0.1, -0.05) is 0 Å². The third-order valence-electron chi connectivity index (χ3n) is 2.95. The third kappa shape index (κ3) is 3.86. The highest BCUT2D eigenvalue weighted by atomic mass is 19.4. The second kappa shape index (κ2) is 6.02. The Kier molecular flexibility index (Phi) is 4.81. The lowest BCUT2D eigenvalue weighted by molar-refractivity contribution is -0.203. The number of aryl methyl sites for hydroxylation is 1. The van der Waals surface area contributed by atoms with E-state index in [1.165, 1.54) is 5.32 Å². The Bertz CT molecular complexity index is 529. The number of aromatic nitrogens is 2. The molecule has 0 aromatic carbocycles. The zero-order chi connectivity index (χ0) is 16.3. The van der Waals surface area contributed by atoms with Crippen molar-refractivity contribution >= 4 is 12.0 Å². The van der Waals surface area contributed by atoms with Crippen molar-refractivity contribution < 1.29 is 27.9 Å². The summed E-state index contributed by atoms with van der Waals surface area (Å²) in [6.07, 6.45) is -3.22. The molecular formula is C11H15F3N4O3. The summed E-state index contributed by atoms with van der Waals surface area (Å²) in [4.78, 5) is 22.1. The van der Waals surface area contributed by atoms with E-state index in [1.54, 1.807) is 24.0 Å². The van der Waals surface area contributed by atoms with Crippen LogP contribution in [-0.4, -0.2) is 45.1 Å². The van der Waals surface area contributed by atoms with E-state index in [4.69, 9.17) is 5.11 Å². The van der Waals surface area contributed by atoms with Crippen molar-refractivity contribution in [2.24, 2.45) is 7.05 Å². The van der Waals surface area contributed by atoms with Crippen LogP contribution in [0.2, 0.25) is 0 Å². The summed E-state index contributed by atoms with van der Waals surface area (Å²) in [5.41, 5.74) is -2.57. The van der Waals surface area contributed by atoms with Crippen LogP contribution in [0.5, 0.6) is 0 Å². The van der Waals surface area contributed by atoms with Gasteiger partial charge >= 0.3 is 18.2 Å². The summed E-state index contributed by atoms with van der Waals surface area (Å²) in [7, 11) is 1.68. The quantitative estimate of drug-likeness (QED) is 0.745. The monoisotopic (exact) mass is 308 g/mol. The predicted octanol–water partition coefficient (Wildman–Crippen LogP) is 0.667. The highest BCUT2D eigenvalue weighted by Gasteiger charge is 2.58. The number of alkyl halides is 3. The minimum atomic E-state index is -5.11. The fraction of sp³-hybridized carbons (Fsp3) is 0.545. The minimum absolute atomic E-state index is 0.0406. The highest BCUT2D eigenvalue weighted by Crippen LogP contribution is 2.30. The van der Waals surface area contributed by atoms with Gasteiger partial charge in [-0.15, -0.1) is 0 Å². The number of amides is 2. The summed E-state index contributed by atoms with van der Waals surface area (Å²) in [6.45, 7) is 0.426. The molecule has 0 saturated heterocycles. The van der Waals surface area contributed by atoms with Gasteiger partial charge in [0.15, 0.2) is 0 Å². The minimum Gasteiger partial charge on any atom is -0.479 e. The number of carbonyl (C=O) groups excluding carboxylic acids is 1. The number of carboxylic acid groups (broad SMARTS) is 1. The van der Waals surface area contributed by atoms with E-state index in [9.17, 15) is 22.8 Å². The van der Waals surface area contributed by atoms with Crippen LogP contribution >= 0.6 is 0 Å². The second-order valence-corrected chi connectivity index (χ2v) is 4.50. The number of rotatable bonds is 5. The van der Waals surface area contributed by atoms with Crippen LogP contribution in [0.4, 0.5) is 18.0 Å². The molecule has 21 heavy (non-hydrogen) atoms. The number of aliphatic carboxylic acids is 1. The first-order chi connectivity index (χ1) is 9.58. The third-order valence-corrected chi connectivity index (χ3v) is 2.95. The molecule has 0 fully saturated rings. The Morgan fingerprint density at radius 3 is 2.48 bits per heavy atom. The lowest BCUT2D eigenvalue weighted by Gasteiger charge is -2.28. The van der Waals surface area contributed by atoms with Gasteiger partial charge in [0.25, 0.3) is 0 Å². The lowest BCUT2D eigenvalue weighted by atomic mass is 10.0. The average molecular weight is 308 g/mol. The van der Waals surface area contributed by atoms with E-state index < -0.39 is 23.7 Å². The molecule has 0 aliphatic rings. The summed E-state index contributed by atoms with van der Waals surface area (Å²) in [5, 5.41) is 16.2. The van der Waals surface area contributed by atoms with E-state index in [1.807, 2.05) is 0 Å². The smallest absolute Gasteiger partial charge is 0.422 e. The van der Waals surface area contributed by atoms with Crippen LogP contribution < -0.4 is 10.6 Å². The number of carbonyl (C=O) groups is 2. The number of carboxylic acids is 1. The van der Waals surface area contributed by atoms with Crippen molar-refractivity contribution in [1.29, 1.82) is 0 Å². The van der Waals surface area contributed by atoms with Crippen LogP contribution in [0, 0.1) is 0 Å². The molecule has 1 aromatic rings. The molecule has 1 aromatic heterocycles. The second-order valence-electron chi connectivity index (χ2n) is 4.50. The van der Waals surface area contributed by atoms with Crippen LogP contribution in [0.3, 0.4) is 0 Å². The summed E-state index contributed by atoms with van der Waals surface area (Å²) >= 11 is 0. The van der Waals surface area contributed by atoms with Gasteiger partial charge in [0.05, 0.1) is 0 Å². The Labute approximate surface area is 118 Å². The maximum atomic E-state index is 12.7. The van der Waals surface area contributed by atoms with E-state index in [-0.39, 0.29) is 6.54 Å². The van der Waals surface area contributed by atoms with Crippen molar-refractivity contribution in [3.05, 3.63) is 18.0 Å². The maximum Gasteiger partial charge on any atom is 0.422 e.